The van der Waals surface area contributed by atoms with Crippen LogP contribution in [0.4, 0.5) is 0 Å². The molecular formula is C75H139NO13. The van der Waals surface area contributed by atoms with Crippen molar-refractivity contribution >= 4 is 5.91 Å². The van der Waals surface area contributed by atoms with Crippen LogP contribution in [0.15, 0.2) is 48.6 Å². The van der Waals surface area contributed by atoms with Crippen molar-refractivity contribution in [2.24, 2.45) is 0 Å². The van der Waals surface area contributed by atoms with Gasteiger partial charge in [0.05, 0.1) is 32.0 Å². The first-order valence-corrected chi connectivity index (χ1v) is 37.4. The maximum atomic E-state index is 13.3. The highest BCUT2D eigenvalue weighted by molar-refractivity contribution is 5.76. The highest BCUT2D eigenvalue weighted by Gasteiger charge is 2.51. The number of hydrogen-bond acceptors (Lipinski definition) is 13. The Hall–Kier alpha value is -2.05. The predicted molar refractivity (Wildman–Crippen MR) is 364 cm³/mol. The molecule has 89 heavy (non-hydrogen) atoms. The number of aliphatic hydroxyl groups excluding tert-OH is 8. The fourth-order valence-electron chi connectivity index (χ4n) is 12.3. The van der Waals surface area contributed by atoms with Crippen molar-refractivity contribution in [2.45, 2.75) is 402 Å². The molecule has 0 aliphatic carbocycles. The summed E-state index contributed by atoms with van der Waals surface area (Å²) in [4.78, 5) is 13.3. The summed E-state index contributed by atoms with van der Waals surface area (Å²) in [5.41, 5.74) is 0. The van der Waals surface area contributed by atoms with Gasteiger partial charge in [0.15, 0.2) is 12.6 Å². The fourth-order valence-corrected chi connectivity index (χ4v) is 12.3. The molecule has 0 aromatic carbocycles. The summed E-state index contributed by atoms with van der Waals surface area (Å²) in [6, 6.07) is -0.932. The number of carbonyl (C=O) groups is 1. The average molecular weight is 1260 g/mol. The van der Waals surface area contributed by atoms with Gasteiger partial charge in [0, 0.05) is 6.42 Å². The predicted octanol–water partition coefficient (Wildman–Crippen LogP) is 15.9. The number of rotatable bonds is 62. The van der Waals surface area contributed by atoms with E-state index in [1.165, 1.54) is 257 Å². The summed E-state index contributed by atoms with van der Waals surface area (Å²) in [6.07, 6.45) is 61.9. The number of unbranched alkanes of at least 4 members (excludes halogenated alkanes) is 43. The molecule has 0 aromatic heterocycles. The first kappa shape index (κ1) is 83.0. The van der Waals surface area contributed by atoms with E-state index >= 15 is 0 Å². The Bertz CT molecular complexity index is 1680. The third-order valence-corrected chi connectivity index (χ3v) is 18.2. The van der Waals surface area contributed by atoms with Crippen LogP contribution in [0.2, 0.25) is 0 Å². The molecule has 12 atom stereocenters. The lowest BCUT2D eigenvalue weighted by atomic mass is 9.97. The van der Waals surface area contributed by atoms with E-state index in [1.54, 1.807) is 6.08 Å². The van der Waals surface area contributed by atoms with Crippen LogP contribution in [0.1, 0.15) is 328 Å². The third kappa shape index (κ3) is 43.5. The van der Waals surface area contributed by atoms with E-state index in [0.717, 1.165) is 38.5 Å². The molecule has 0 spiro atoms. The molecule has 12 unspecified atom stereocenters. The molecular weight excluding hydrogens is 1120 g/mol. The third-order valence-electron chi connectivity index (χ3n) is 18.2. The van der Waals surface area contributed by atoms with Gasteiger partial charge in [0.1, 0.15) is 48.8 Å². The number of ether oxygens (including phenoxy) is 4. The van der Waals surface area contributed by atoms with E-state index in [2.05, 4.69) is 55.6 Å². The van der Waals surface area contributed by atoms with Crippen LogP contribution >= 0.6 is 0 Å². The topological polar surface area (TPSA) is 228 Å². The van der Waals surface area contributed by atoms with Gasteiger partial charge in [0.25, 0.3) is 0 Å². The lowest BCUT2D eigenvalue weighted by molar-refractivity contribution is -0.359. The summed E-state index contributed by atoms with van der Waals surface area (Å²) in [6.45, 7) is 2.81. The van der Waals surface area contributed by atoms with Gasteiger partial charge in [-0.3, -0.25) is 4.79 Å². The first-order chi connectivity index (χ1) is 43.6. The molecule has 14 heteroatoms. The monoisotopic (exact) mass is 1260 g/mol. The van der Waals surface area contributed by atoms with E-state index in [-0.39, 0.29) is 18.9 Å². The van der Waals surface area contributed by atoms with Crippen molar-refractivity contribution in [1.29, 1.82) is 0 Å². The molecule has 522 valence electrons. The van der Waals surface area contributed by atoms with Crippen molar-refractivity contribution in [3.8, 4) is 0 Å². The van der Waals surface area contributed by atoms with E-state index in [1.807, 2.05) is 6.08 Å². The van der Waals surface area contributed by atoms with Crippen molar-refractivity contribution in [3.05, 3.63) is 48.6 Å². The Kier molecular flexibility index (Phi) is 55.7. The first-order valence-electron chi connectivity index (χ1n) is 37.4. The second-order valence-electron chi connectivity index (χ2n) is 26.4. The molecule has 2 aliphatic heterocycles. The minimum absolute atomic E-state index is 0.243. The Labute approximate surface area is 543 Å². The normalized spacial score (nSPS) is 23.3. The van der Waals surface area contributed by atoms with Gasteiger partial charge in [0.2, 0.25) is 5.91 Å². The molecule has 2 fully saturated rings. The maximum absolute atomic E-state index is 13.3. The van der Waals surface area contributed by atoms with Crippen LogP contribution in [0.25, 0.3) is 0 Å². The number of allylic oxidation sites excluding steroid dienone is 7. The molecule has 2 heterocycles. The van der Waals surface area contributed by atoms with Crippen LogP contribution in [-0.2, 0) is 23.7 Å². The Morgan fingerprint density at radius 1 is 0.404 bits per heavy atom. The highest BCUT2D eigenvalue weighted by atomic mass is 16.7. The average Bonchev–Trinajstić information content (AvgIpc) is 3.62. The van der Waals surface area contributed by atoms with Crippen LogP contribution in [0.5, 0.6) is 0 Å². The van der Waals surface area contributed by atoms with Gasteiger partial charge in [-0.1, -0.05) is 306 Å². The van der Waals surface area contributed by atoms with Crippen molar-refractivity contribution in [2.75, 3.05) is 19.8 Å². The number of carbonyl (C=O) groups excluding carboxylic acids is 1. The zero-order chi connectivity index (χ0) is 64.5. The summed E-state index contributed by atoms with van der Waals surface area (Å²) >= 11 is 0. The minimum atomic E-state index is -1.79. The molecule has 1 amide bonds. The zero-order valence-corrected chi connectivity index (χ0v) is 56.9. The van der Waals surface area contributed by atoms with Gasteiger partial charge in [-0.05, 0) is 64.2 Å². The number of nitrogens with one attached hydrogen (secondary N) is 1. The van der Waals surface area contributed by atoms with Gasteiger partial charge in [-0.25, -0.2) is 0 Å². The molecule has 2 saturated heterocycles. The Morgan fingerprint density at radius 2 is 0.753 bits per heavy atom. The molecule has 0 radical (unpaired) electrons. The second-order valence-corrected chi connectivity index (χ2v) is 26.4. The zero-order valence-electron chi connectivity index (χ0n) is 56.9. The largest absolute Gasteiger partial charge is 0.394 e. The highest BCUT2D eigenvalue weighted by Crippen LogP contribution is 2.30. The summed E-state index contributed by atoms with van der Waals surface area (Å²) < 4.78 is 22.9. The number of hydrogen-bond donors (Lipinski definition) is 9. The van der Waals surface area contributed by atoms with Crippen molar-refractivity contribution < 1.29 is 64.6 Å². The van der Waals surface area contributed by atoms with Crippen LogP contribution in [0, 0.1) is 0 Å². The van der Waals surface area contributed by atoms with Crippen molar-refractivity contribution in [3.63, 3.8) is 0 Å². The van der Waals surface area contributed by atoms with Gasteiger partial charge in [-0.2, -0.15) is 0 Å². The van der Waals surface area contributed by atoms with Gasteiger partial charge < -0.3 is 65.1 Å². The van der Waals surface area contributed by atoms with E-state index in [4.69, 9.17) is 18.9 Å². The van der Waals surface area contributed by atoms with Crippen LogP contribution < -0.4 is 5.32 Å². The SMILES string of the molecule is CCCCCCC/C=C\C/C=C\CCCCCCCCCCCCCCCCCCCCCCCCCC(=O)NC(COC1OC(CO)C(OC2OC(CO)C(O)C(O)C2O)C(O)C1O)C(O)/C=C/CC/C=C/CCCCCCCCCCCCCCCC. The summed E-state index contributed by atoms with van der Waals surface area (Å²) in [5, 5.41) is 87.4. The van der Waals surface area contributed by atoms with Crippen LogP contribution in [0.3, 0.4) is 0 Å². The Morgan fingerprint density at radius 3 is 1.17 bits per heavy atom. The lowest BCUT2D eigenvalue weighted by Gasteiger charge is -2.46. The quantitative estimate of drug-likeness (QED) is 0.0204. The molecule has 14 nitrogen and oxygen atoms in total. The standard InChI is InChI=1S/C75H139NO13/c1-3-5-7-9-11-13-15-17-19-21-23-25-26-27-28-29-30-31-32-33-34-35-36-37-38-39-41-43-45-47-49-51-53-55-57-59-67(80)76-63(64(79)58-56-54-52-50-48-46-44-42-40-24-22-20-18-16-14-12-10-8-6-4-2)62-86-74-72(85)70(83)73(66(61-78)88-74)89-75-71(84)69(82)68(81)65(60-77)87-75/h15,17,21,23,48,50,56,58,63-66,68-75,77-79,81-85H,3-14,16,18-20,22,24-47,49,51-55,57,59-62H2,1-2H3,(H,76,80)/b17-15-,23-21-,50-48+,58-56+. The molecule has 0 saturated carbocycles. The van der Waals surface area contributed by atoms with E-state index < -0.39 is 86.8 Å². The maximum Gasteiger partial charge on any atom is 0.220 e. The smallest absolute Gasteiger partial charge is 0.220 e. The molecule has 0 bridgehead atoms. The molecule has 2 rings (SSSR count). The van der Waals surface area contributed by atoms with Crippen LogP contribution in [-0.4, -0.2) is 140 Å². The molecule has 0 aromatic rings. The minimum Gasteiger partial charge on any atom is -0.394 e. The number of amides is 1. The van der Waals surface area contributed by atoms with Crippen molar-refractivity contribution in [1.82, 2.24) is 5.32 Å². The van der Waals surface area contributed by atoms with E-state index in [9.17, 15) is 45.6 Å². The second kappa shape index (κ2) is 59.7. The summed E-state index contributed by atoms with van der Waals surface area (Å²) in [5.74, 6) is -0.243. The Balaban J connectivity index is 1.62. The fraction of sp³-hybridized carbons (Fsp3) is 0.880. The molecule has 9 N–H and O–H groups in total. The molecule has 2 aliphatic rings. The lowest BCUT2D eigenvalue weighted by Crippen LogP contribution is -2.65. The van der Waals surface area contributed by atoms with E-state index in [0.29, 0.717) is 12.8 Å². The van der Waals surface area contributed by atoms with Gasteiger partial charge in [-0.15, -0.1) is 0 Å². The summed E-state index contributed by atoms with van der Waals surface area (Å²) in [7, 11) is 0. The van der Waals surface area contributed by atoms with Gasteiger partial charge >= 0.3 is 0 Å². The number of aliphatic hydroxyl groups is 8.